The smallest absolute Gasteiger partial charge is 0.0904 e. The first-order valence-corrected chi connectivity index (χ1v) is 7.92. The zero-order valence-electron chi connectivity index (χ0n) is 7.14. The molecule has 0 aromatic carbocycles. The topological polar surface area (TPSA) is 0 Å². The molecule has 1 aromatic rings. The lowest BCUT2D eigenvalue weighted by Gasteiger charge is -2.11. The molecule has 0 aliphatic carbocycles. The summed E-state index contributed by atoms with van der Waals surface area (Å²) in [6, 6.07) is 4.21. The van der Waals surface area contributed by atoms with Crippen LogP contribution < -0.4 is 4.50 Å². The van der Waals surface area contributed by atoms with Crippen LogP contribution in [0.2, 0.25) is 19.6 Å². The molecule has 0 saturated heterocycles. The minimum atomic E-state index is -1.11. The number of hydrogen-bond donors (Lipinski definition) is 0. The lowest BCUT2D eigenvalue weighted by molar-refractivity contribution is 1.78. The summed E-state index contributed by atoms with van der Waals surface area (Å²) in [5.41, 5.74) is 0. The highest BCUT2D eigenvalue weighted by Crippen LogP contribution is 2.11. The summed E-state index contributed by atoms with van der Waals surface area (Å²) in [5, 5.41) is 0. The van der Waals surface area contributed by atoms with Gasteiger partial charge in [-0.25, -0.2) is 0 Å². The highest BCUT2D eigenvalue weighted by molar-refractivity contribution is 7.26. The summed E-state index contributed by atoms with van der Waals surface area (Å²) in [6.07, 6.45) is 5.28. The van der Waals surface area contributed by atoms with Crippen LogP contribution in [0.25, 0.3) is 0 Å². The van der Waals surface area contributed by atoms with Gasteiger partial charge in [0.2, 0.25) is 0 Å². The Bertz CT molecular complexity index is 285. The quantitative estimate of drug-likeness (QED) is 0.459. The zero-order chi connectivity index (χ0) is 8.48. The summed E-state index contributed by atoms with van der Waals surface area (Å²) < 4.78 is 1.49. The fraction of sp³-hybridized carbons (Fsp3) is 0.333. The molecule has 0 bridgehead atoms. The number of thiophene rings is 1. The molecule has 0 amide bonds. The minimum Gasteiger partial charge on any atom is -0.136 e. The second-order valence-electron chi connectivity index (χ2n) is 3.56. The molecule has 11 heavy (non-hydrogen) atoms. The van der Waals surface area contributed by atoms with E-state index in [4.69, 9.17) is 6.42 Å². The van der Waals surface area contributed by atoms with Crippen molar-refractivity contribution >= 4 is 23.9 Å². The van der Waals surface area contributed by atoms with Crippen molar-refractivity contribution < 1.29 is 0 Å². The van der Waals surface area contributed by atoms with Crippen molar-refractivity contribution in [1.29, 1.82) is 0 Å². The predicted octanol–water partition coefficient (Wildman–Crippen LogP) is 2.27. The third kappa shape index (κ3) is 1.95. The Labute approximate surface area is 73.3 Å². The highest BCUT2D eigenvalue weighted by atomic mass is 32.1. The van der Waals surface area contributed by atoms with E-state index in [-0.39, 0.29) is 0 Å². The van der Waals surface area contributed by atoms with Crippen molar-refractivity contribution in [2.24, 2.45) is 0 Å². The van der Waals surface area contributed by atoms with Crippen LogP contribution in [0.3, 0.4) is 0 Å². The van der Waals surface area contributed by atoms with E-state index < -0.39 is 8.07 Å². The van der Waals surface area contributed by atoms with Crippen molar-refractivity contribution in [3.8, 4) is 12.3 Å². The van der Waals surface area contributed by atoms with Crippen molar-refractivity contribution in [2.45, 2.75) is 19.6 Å². The third-order valence-electron chi connectivity index (χ3n) is 1.49. The summed E-state index contributed by atoms with van der Waals surface area (Å²) in [5.74, 6) is 2.66. The molecule has 0 fully saturated rings. The van der Waals surface area contributed by atoms with Crippen LogP contribution in [-0.2, 0) is 0 Å². The van der Waals surface area contributed by atoms with Crippen molar-refractivity contribution in [2.75, 3.05) is 0 Å². The second kappa shape index (κ2) is 2.84. The second-order valence-corrected chi connectivity index (χ2v) is 10.0. The SMILES string of the molecule is C#Cc1ccc([Si](C)(C)C)s1. The maximum absolute atomic E-state index is 5.28. The molecule has 0 atom stereocenters. The first-order valence-electron chi connectivity index (χ1n) is 3.61. The summed E-state index contributed by atoms with van der Waals surface area (Å²) in [4.78, 5) is 1.06. The van der Waals surface area contributed by atoms with E-state index in [0.29, 0.717) is 0 Å². The van der Waals surface area contributed by atoms with Gasteiger partial charge in [-0.15, -0.1) is 17.8 Å². The maximum Gasteiger partial charge on any atom is 0.0904 e. The molecule has 58 valence electrons. The van der Waals surface area contributed by atoms with Crippen LogP contribution in [-0.4, -0.2) is 8.07 Å². The molecule has 0 unspecified atom stereocenters. The number of terminal acetylenes is 1. The largest absolute Gasteiger partial charge is 0.136 e. The van der Waals surface area contributed by atoms with Gasteiger partial charge in [0.25, 0.3) is 0 Å². The first kappa shape index (κ1) is 8.57. The number of rotatable bonds is 1. The Morgan fingerprint density at radius 3 is 2.27 bits per heavy atom. The van der Waals surface area contributed by atoms with Gasteiger partial charge in [-0.2, -0.15) is 0 Å². The molecule has 1 rings (SSSR count). The van der Waals surface area contributed by atoms with Crippen LogP contribution in [0.4, 0.5) is 0 Å². The molecule has 0 nitrogen and oxygen atoms in total. The molecule has 0 aliphatic heterocycles. The van der Waals surface area contributed by atoms with Gasteiger partial charge in [-0.3, -0.25) is 0 Å². The predicted molar refractivity (Wildman–Crippen MR) is 55.2 cm³/mol. The molecule has 0 aliphatic rings. The monoisotopic (exact) mass is 180 g/mol. The Hall–Kier alpha value is -0.523. The molecule has 0 radical (unpaired) electrons. The van der Waals surface area contributed by atoms with Gasteiger partial charge in [0, 0.05) is 0 Å². The summed E-state index contributed by atoms with van der Waals surface area (Å²) in [6.45, 7) is 7.00. The molecule has 0 spiro atoms. The average molecular weight is 180 g/mol. The first-order chi connectivity index (χ1) is 5.04. The van der Waals surface area contributed by atoms with E-state index in [1.807, 2.05) is 6.07 Å². The van der Waals surface area contributed by atoms with Crippen LogP contribution in [0.5, 0.6) is 0 Å². The summed E-state index contributed by atoms with van der Waals surface area (Å²) in [7, 11) is -1.11. The van der Waals surface area contributed by atoms with E-state index >= 15 is 0 Å². The van der Waals surface area contributed by atoms with E-state index in [1.165, 1.54) is 4.50 Å². The Morgan fingerprint density at radius 1 is 1.36 bits per heavy atom. The lowest BCUT2D eigenvalue weighted by atomic mass is 10.5. The van der Waals surface area contributed by atoms with E-state index in [2.05, 4.69) is 31.6 Å². The molecule has 1 heterocycles. The van der Waals surface area contributed by atoms with E-state index in [1.54, 1.807) is 11.3 Å². The van der Waals surface area contributed by atoms with Gasteiger partial charge >= 0.3 is 0 Å². The zero-order valence-corrected chi connectivity index (χ0v) is 8.96. The van der Waals surface area contributed by atoms with Crippen LogP contribution >= 0.6 is 11.3 Å². The van der Waals surface area contributed by atoms with Crippen LogP contribution in [0.15, 0.2) is 12.1 Å². The van der Waals surface area contributed by atoms with E-state index in [0.717, 1.165) is 4.88 Å². The fourth-order valence-corrected chi connectivity index (χ4v) is 3.52. The Kier molecular flexibility index (Phi) is 2.22. The van der Waals surface area contributed by atoms with Gasteiger partial charge in [0.15, 0.2) is 0 Å². The molecule has 2 heteroatoms. The van der Waals surface area contributed by atoms with Gasteiger partial charge in [0.05, 0.1) is 13.0 Å². The van der Waals surface area contributed by atoms with E-state index in [9.17, 15) is 0 Å². The fourth-order valence-electron chi connectivity index (χ4n) is 0.819. The Balaban J connectivity index is 3.01. The van der Waals surface area contributed by atoms with Crippen LogP contribution in [0, 0.1) is 12.3 Å². The molecule has 0 saturated carbocycles. The van der Waals surface area contributed by atoms with Crippen LogP contribution in [0.1, 0.15) is 4.88 Å². The van der Waals surface area contributed by atoms with Gasteiger partial charge < -0.3 is 0 Å². The summed E-state index contributed by atoms with van der Waals surface area (Å²) >= 11 is 1.77. The van der Waals surface area contributed by atoms with Gasteiger partial charge in [-0.05, 0) is 10.6 Å². The van der Waals surface area contributed by atoms with Crippen molar-refractivity contribution in [3.05, 3.63) is 17.0 Å². The molecule has 0 N–H and O–H groups in total. The molecular weight excluding hydrogens is 168 g/mol. The number of hydrogen-bond acceptors (Lipinski definition) is 1. The third-order valence-corrected chi connectivity index (χ3v) is 6.11. The highest BCUT2D eigenvalue weighted by Gasteiger charge is 2.17. The Morgan fingerprint density at radius 2 is 2.00 bits per heavy atom. The maximum atomic E-state index is 5.28. The van der Waals surface area contributed by atoms with Gasteiger partial charge in [0.1, 0.15) is 0 Å². The standard InChI is InChI=1S/C9H12SSi/c1-5-8-6-7-9(10-8)11(2,3)4/h1,6-7H,2-4H3. The van der Waals surface area contributed by atoms with Crippen molar-refractivity contribution in [3.63, 3.8) is 0 Å². The molecular formula is C9H12SSi. The lowest BCUT2D eigenvalue weighted by Crippen LogP contribution is -2.34. The normalized spacial score (nSPS) is 11.1. The van der Waals surface area contributed by atoms with Crippen molar-refractivity contribution in [1.82, 2.24) is 0 Å². The van der Waals surface area contributed by atoms with Gasteiger partial charge in [-0.1, -0.05) is 31.6 Å². The molecule has 1 aromatic heterocycles. The minimum absolute atomic E-state index is 1.06. The average Bonchev–Trinajstić information content (AvgIpc) is 2.32.